The van der Waals surface area contributed by atoms with Crippen molar-refractivity contribution in [2.75, 3.05) is 13.1 Å². The van der Waals surface area contributed by atoms with Crippen molar-refractivity contribution >= 4 is 39.2 Å². The molecule has 1 atom stereocenters. The third-order valence-corrected chi connectivity index (χ3v) is 6.28. The van der Waals surface area contributed by atoms with Crippen molar-refractivity contribution in [3.8, 4) is 0 Å². The fourth-order valence-electron chi connectivity index (χ4n) is 2.04. The Labute approximate surface area is 127 Å². The topological polar surface area (TPSA) is 74.7 Å². The van der Waals surface area contributed by atoms with Crippen molar-refractivity contribution in [2.45, 2.75) is 11.8 Å². The van der Waals surface area contributed by atoms with Gasteiger partial charge in [-0.05, 0) is 18.1 Å². The van der Waals surface area contributed by atoms with E-state index in [1.165, 1.54) is 16.4 Å². The van der Waals surface area contributed by atoms with Crippen LogP contribution in [0.5, 0.6) is 0 Å². The third kappa shape index (κ3) is 2.65. The molecule has 0 radical (unpaired) electrons. The summed E-state index contributed by atoms with van der Waals surface area (Å²) in [5.74, 6) is -1.70. The van der Waals surface area contributed by atoms with Crippen LogP contribution < -0.4 is 0 Å². The van der Waals surface area contributed by atoms with Crippen LogP contribution in [0.15, 0.2) is 23.1 Å². The number of aliphatic carboxylic acids is 1. The second-order valence-corrected chi connectivity index (χ2v) is 7.45. The van der Waals surface area contributed by atoms with E-state index < -0.39 is 21.9 Å². The van der Waals surface area contributed by atoms with Gasteiger partial charge in [-0.2, -0.15) is 4.31 Å². The fourth-order valence-corrected chi connectivity index (χ4v) is 4.69. The lowest BCUT2D eigenvalue weighted by Crippen LogP contribution is -2.53. The number of nitrogens with zero attached hydrogens (tertiary/aromatic N) is 1. The number of carbonyl (C=O) groups is 1. The average Bonchev–Trinajstić information content (AvgIpc) is 2.25. The maximum absolute atomic E-state index is 12.4. The van der Waals surface area contributed by atoms with E-state index in [0.717, 1.165) is 0 Å². The molecule has 1 N–H and O–H groups in total. The number of hydrogen-bond acceptors (Lipinski definition) is 3. The highest BCUT2D eigenvalue weighted by molar-refractivity contribution is 7.89. The number of carboxylic acids is 1. The first-order valence-electron chi connectivity index (χ1n) is 5.92. The molecular formula is C12H13Cl2NO4S. The first kappa shape index (κ1) is 15.6. The van der Waals surface area contributed by atoms with Crippen molar-refractivity contribution in [1.82, 2.24) is 4.31 Å². The van der Waals surface area contributed by atoms with E-state index in [-0.39, 0.29) is 33.9 Å². The summed E-state index contributed by atoms with van der Waals surface area (Å²) in [5.41, 5.74) is 0. The number of halogens is 2. The van der Waals surface area contributed by atoms with Crippen LogP contribution in [-0.2, 0) is 14.8 Å². The first-order valence-corrected chi connectivity index (χ1v) is 8.11. The number of rotatable bonds is 4. The lowest BCUT2D eigenvalue weighted by atomic mass is 9.89. The van der Waals surface area contributed by atoms with Gasteiger partial charge in [0.2, 0.25) is 10.0 Å². The average molecular weight is 338 g/mol. The van der Waals surface area contributed by atoms with Gasteiger partial charge in [0.25, 0.3) is 0 Å². The summed E-state index contributed by atoms with van der Waals surface area (Å²) < 4.78 is 26.0. The van der Waals surface area contributed by atoms with Crippen LogP contribution in [0.3, 0.4) is 0 Å². The predicted octanol–water partition coefficient (Wildman–Crippen LogP) is 2.33. The minimum atomic E-state index is -3.78. The lowest BCUT2D eigenvalue weighted by molar-refractivity contribution is -0.144. The quantitative estimate of drug-likeness (QED) is 0.914. The van der Waals surface area contributed by atoms with Gasteiger partial charge in [-0.3, -0.25) is 4.79 Å². The zero-order valence-electron chi connectivity index (χ0n) is 10.6. The number of benzene rings is 1. The molecule has 1 saturated heterocycles. The normalized spacial score (nSPS) is 18.6. The molecule has 8 heteroatoms. The molecule has 1 unspecified atom stereocenters. The van der Waals surface area contributed by atoms with Crippen LogP contribution in [0, 0.1) is 11.8 Å². The molecule has 0 bridgehead atoms. The maximum Gasteiger partial charge on any atom is 0.306 e. The molecule has 110 valence electrons. The molecule has 1 aromatic carbocycles. The highest BCUT2D eigenvalue weighted by Crippen LogP contribution is 2.36. The van der Waals surface area contributed by atoms with E-state index in [2.05, 4.69) is 0 Å². The van der Waals surface area contributed by atoms with Gasteiger partial charge in [0.05, 0.1) is 16.0 Å². The van der Waals surface area contributed by atoms with Gasteiger partial charge in [0.15, 0.2) is 0 Å². The Morgan fingerprint density at radius 2 is 1.85 bits per heavy atom. The van der Waals surface area contributed by atoms with Gasteiger partial charge >= 0.3 is 5.97 Å². The fraction of sp³-hybridized carbons (Fsp3) is 0.417. The minimum Gasteiger partial charge on any atom is -0.481 e. The molecule has 20 heavy (non-hydrogen) atoms. The van der Waals surface area contributed by atoms with Crippen molar-refractivity contribution in [3.05, 3.63) is 28.2 Å². The summed E-state index contributed by atoms with van der Waals surface area (Å²) in [7, 11) is -3.78. The monoisotopic (exact) mass is 337 g/mol. The summed E-state index contributed by atoms with van der Waals surface area (Å²) in [6.07, 6.45) is 0. The summed E-state index contributed by atoms with van der Waals surface area (Å²) in [4.78, 5) is 10.7. The van der Waals surface area contributed by atoms with Crippen LogP contribution in [0.4, 0.5) is 0 Å². The molecule has 0 amide bonds. The third-order valence-electron chi connectivity index (χ3n) is 3.49. The van der Waals surface area contributed by atoms with Crippen LogP contribution in [0.2, 0.25) is 10.0 Å². The Hall–Kier alpha value is -0.820. The Kier molecular flexibility index (Phi) is 4.30. The van der Waals surface area contributed by atoms with Crippen molar-refractivity contribution in [2.24, 2.45) is 11.8 Å². The van der Waals surface area contributed by atoms with Gasteiger partial charge in [-0.25, -0.2) is 8.42 Å². The van der Waals surface area contributed by atoms with Crippen molar-refractivity contribution < 1.29 is 18.3 Å². The van der Waals surface area contributed by atoms with Crippen LogP contribution in [-0.4, -0.2) is 36.9 Å². The predicted molar refractivity (Wildman–Crippen MR) is 75.5 cm³/mol. The molecule has 5 nitrogen and oxygen atoms in total. The maximum atomic E-state index is 12.4. The second kappa shape index (κ2) is 5.52. The molecular weight excluding hydrogens is 325 g/mol. The van der Waals surface area contributed by atoms with E-state index >= 15 is 0 Å². The smallest absolute Gasteiger partial charge is 0.306 e. The Morgan fingerprint density at radius 3 is 2.30 bits per heavy atom. The SMILES string of the molecule is CC(C(=O)O)C1CN(S(=O)(=O)c2c(Cl)cccc2Cl)C1. The zero-order chi connectivity index (χ0) is 15.1. The number of carboxylic acid groups (broad SMARTS) is 1. The molecule has 1 aromatic rings. The highest BCUT2D eigenvalue weighted by atomic mass is 35.5. The summed E-state index contributed by atoms with van der Waals surface area (Å²) in [6, 6.07) is 4.48. The molecule has 1 heterocycles. The molecule has 0 saturated carbocycles. The van der Waals surface area contributed by atoms with Crippen molar-refractivity contribution in [1.29, 1.82) is 0 Å². The number of hydrogen-bond donors (Lipinski definition) is 1. The zero-order valence-corrected chi connectivity index (χ0v) is 12.9. The first-order chi connectivity index (χ1) is 9.25. The van der Waals surface area contributed by atoms with E-state index in [9.17, 15) is 13.2 Å². The van der Waals surface area contributed by atoms with Crippen LogP contribution in [0.1, 0.15) is 6.92 Å². The van der Waals surface area contributed by atoms with Gasteiger partial charge in [0.1, 0.15) is 4.90 Å². The minimum absolute atomic E-state index is 0.0623. The largest absolute Gasteiger partial charge is 0.481 e. The standard InChI is InChI=1S/C12H13Cl2NO4S/c1-7(12(16)17)8-5-15(6-8)20(18,19)11-9(13)3-2-4-10(11)14/h2-4,7-8H,5-6H2,1H3,(H,16,17). The molecule has 0 aliphatic carbocycles. The highest BCUT2D eigenvalue weighted by Gasteiger charge is 2.42. The molecule has 1 aliphatic heterocycles. The molecule has 1 aliphatic rings. The van der Waals surface area contributed by atoms with E-state index in [1.807, 2.05) is 0 Å². The molecule has 0 spiro atoms. The summed E-state index contributed by atoms with van der Waals surface area (Å²) >= 11 is 11.8. The Morgan fingerprint density at radius 1 is 1.35 bits per heavy atom. The van der Waals surface area contributed by atoms with Crippen LogP contribution in [0.25, 0.3) is 0 Å². The molecule has 0 aromatic heterocycles. The van der Waals surface area contributed by atoms with Crippen LogP contribution >= 0.6 is 23.2 Å². The van der Waals surface area contributed by atoms with Gasteiger partial charge in [-0.15, -0.1) is 0 Å². The Bertz CT molecular complexity index is 621. The summed E-state index contributed by atoms with van der Waals surface area (Å²) in [6.45, 7) is 1.90. The van der Waals surface area contributed by atoms with Gasteiger partial charge in [-0.1, -0.05) is 36.2 Å². The lowest BCUT2D eigenvalue weighted by Gasteiger charge is -2.40. The Balaban J connectivity index is 2.21. The number of sulfonamides is 1. The summed E-state index contributed by atoms with van der Waals surface area (Å²) in [5, 5.41) is 9.03. The van der Waals surface area contributed by atoms with E-state index in [4.69, 9.17) is 28.3 Å². The van der Waals surface area contributed by atoms with Gasteiger partial charge < -0.3 is 5.11 Å². The molecule has 1 fully saturated rings. The second-order valence-electron chi connectivity index (χ2n) is 4.76. The van der Waals surface area contributed by atoms with Crippen molar-refractivity contribution in [3.63, 3.8) is 0 Å². The van der Waals surface area contributed by atoms with Gasteiger partial charge in [0, 0.05) is 13.1 Å². The van der Waals surface area contributed by atoms with E-state index in [1.54, 1.807) is 13.0 Å². The van der Waals surface area contributed by atoms with E-state index in [0.29, 0.717) is 0 Å². The molecule has 2 rings (SSSR count).